The van der Waals surface area contributed by atoms with Crippen LogP contribution in [0.5, 0.6) is 0 Å². The third-order valence-corrected chi connectivity index (χ3v) is 3.96. The summed E-state index contributed by atoms with van der Waals surface area (Å²) in [6, 6.07) is 0. The Hall–Kier alpha value is -0.300. The van der Waals surface area contributed by atoms with E-state index in [4.69, 9.17) is 4.74 Å². The van der Waals surface area contributed by atoms with Crippen molar-refractivity contribution in [3.05, 3.63) is 12.2 Å². The maximum Gasteiger partial charge on any atom is 0.0499 e. The van der Waals surface area contributed by atoms with Gasteiger partial charge in [0, 0.05) is 13.2 Å². The lowest BCUT2D eigenvalue weighted by Crippen LogP contribution is -2.00. The smallest absolute Gasteiger partial charge is 0.0499 e. The molecule has 2 atom stereocenters. The molecule has 2 rings (SSSR count). The molecule has 0 saturated heterocycles. The predicted octanol–water partition coefficient (Wildman–Crippen LogP) is 3.80. The zero-order valence-electron chi connectivity index (χ0n) is 9.95. The van der Waals surface area contributed by atoms with Crippen LogP contribution in [0.3, 0.4) is 0 Å². The van der Waals surface area contributed by atoms with Crippen LogP contribution in [0.15, 0.2) is 12.2 Å². The molecule has 0 aromatic heterocycles. The molecular formula is C14H24O. The molecule has 0 amide bonds. The molecule has 2 unspecified atom stereocenters. The maximum absolute atomic E-state index is 5.75. The van der Waals surface area contributed by atoms with Gasteiger partial charge >= 0.3 is 0 Å². The first-order valence-electron chi connectivity index (χ1n) is 6.66. The second kappa shape index (κ2) is 5.69. The highest BCUT2D eigenvalue weighted by Crippen LogP contribution is 2.52. The van der Waals surface area contributed by atoms with Gasteiger partial charge in [0.15, 0.2) is 0 Å². The molecule has 2 aliphatic rings. The van der Waals surface area contributed by atoms with Crippen LogP contribution < -0.4 is 0 Å². The molecule has 0 aliphatic heterocycles. The number of allylic oxidation sites excluding steroid dienone is 2. The third kappa shape index (κ3) is 3.07. The summed E-state index contributed by atoms with van der Waals surface area (Å²) in [4.78, 5) is 0. The zero-order chi connectivity index (χ0) is 10.5. The minimum Gasteiger partial charge on any atom is -0.381 e. The highest BCUT2D eigenvalue weighted by Gasteiger charge is 2.48. The van der Waals surface area contributed by atoms with Crippen LogP contribution in [0.4, 0.5) is 0 Å². The fraction of sp³-hybridized carbons (Fsp3) is 0.857. The molecule has 0 aromatic rings. The number of fused-ring (bicyclic) bond motifs is 1. The average Bonchev–Trinajstić information content (AvgIpc) is 2.83. The van der Waals surface area contributed by atoms with Crippen molar-refractivity contribution in [3.8, 4) is 0 Å². The SMILES string of the molecule is CCCCOCC1C2CC/C=C/CCC21. The van der Waals surface area contributed by atoms with Gasteiger partial charge in [-0.25, -0.2) is 0 Å². The Bertz CT molecular complexity index is 193. The van der Waals surface area contributed by atoms with Gasteiger partial charge in [0.1, 0.15) is 0 Å². The van der Waals surface area contributed by atoms with Gasteiger partial charge < -0.3 is 4.74 Å². The number of unbranched alkanes of at least 4 members (excludes halogenated alkanes) is 1. The van der Waals surface area contributed by atoms with Crippen molar-refractivity contribution in [2.75, 3.05) is 13.2 Å². The molecule has 1 fully saturated rings. The zero-order valence-corrected chi connectivity index (χ0v) is 9.95. The Labute approximate surface area is 93.9 Å². The van der Waals surface area contributed by atoms with E-state index in [1.54, 1.807) is 0 Å². The van der Waals surface area contributed by atoms with E-state index in [0.29, 0.717) is 0 Å². The molecule has 15 heavy (non-hydrogen) atoms. The van der Waals surface area contributed by atoms with Crippen molar-refractivity contribution in [2.45, 2.75) is 45.4 Å². The molecule has 0 spiro atoms. The minimum atomic E-state index is 0.904. The van der Waals surface area contributed by atoms with Crippen LogP contribution in [0, 0.1) is 17.8 Å². The lowest BCUT2D eigenvalue weighted by Gasteiger charge is -2.01. The van der Waals surface area contributed by atoms with E-state index in [1.165, 1.54) is 38.5 Å². The van der Waals surface area contributed by atoms with E-state index in [1.807, 2.05) is 0 Å². The number of ether oxygens (including phenoxy) is 1. The van der Waals surface area contributed by atoms with Crippen molar-refractivity contribution < 1.29 is 4.74 Å². The van der Waals surface area contributed by atoms with E-state index in [-0.39, 0.29) is 0 Å². The quantitative estimate of drug-likeness (QED) is 0.493. The van der Waals surface area contributed by atoms with Gasteiger partial charge in [0.2, 0.25) is 0 Å². The van der Waals surface area contributed by atoms with Gasteiger partial charge in [0.25, 0.3) is 0 Å². The van der Waals surface area contributed by atoms with Crippen molar-refractivity contribution in [2.24, 2.45) is 17.8 Å². The fourth-order valence-corrected chi connectivity index (χ4v) is 2.91. The molecule has 1 heteroatoms. The second-order valence-electron chi connectivity index (χ2n) is 5.05. The van der Waals surface area contributed by atoms with E-state index >= 15 is 0 Å². The van der Waals surface area contributed by atoms with Gasteiger partial charge in [0.05, 0.1) is 0 Å². The Kier molecular flexibility index (Phi) is 4.25. The molecule has 1 nitrogen and oxygen atoms in total. The Balaban J connectivity index is 1.64. The van der Waals surface area contributed by atoms with Crippen LogP contribution in [0.1, 0.15) is 45.4 Å². The summed E-state index contributed by atoms with van der Waals surface area (Å²) in [7, 11) is 0. The first-order chi connectivity index (χ1) is 7.43. The standard InChI is InChI=1S/C14H24O/c1-2-3-10-15-11-14-12-8-6-4-5-7-9-13(12)14/h4-5,12-14H,2-3,6-11H2,1H3/b5-4+. The van der Waals surface area contributed by atoms with E-state index in [0.717, 1.165) is 31.0 Å². The summed E-state index contributed by atoms with van der Waals surface area (Å²) >= 11 is 0. The monoisotopic (exact) mass is 208 g/mol. The number of rotatable bonds is 5. The van der Waals surface area contributed by atoms with Gasteiger partial charge in [-0.2, -0.15) is 0 Å². The molecular weight excluding hydrogens is 184 g/mol. The maximum atomic E-state index is 5.75. The lowest BCUT2D eigenvalue weighted by molar-refractivity contribution is 0.115. The van der Waals surface area contributed by atoms with Crippen molar-refractivity contribution in [1.82, 2.24) is 0 Å². The Morgan fingerprint density at radius 3 is 2.40 bits per heavy atom. The largest absolute Gasteiger partial charge is 0.381 e. The molecule has 0 aromatic carbocycles. The fourth-order valence-electron chi connectivity index (χ4n) is 2.91. The van der Waals surface area contributed by atoms with E-state index in [2.05, 4.69) is 19.1 Å². The predicted molar refractivity (Wildman–Crippen MR) is 63.8 cm³/mol. The normalized spacial score (nSPS) is 36.5. The highest BCUT2D eigenvalue weighted by atomic mass is 16.5. The van der Waals surface area contributed by atoms with Crippen LogP contribution in [0.25, 0.3) is 0 Å². The molecule has 0 radical (unpaired) electrons. The first-order valence-corrected chi connectivity index (χ1v) is 6.66. The summed E-state index contributed by atoms with van der Waals surface area (Å²) < 4.78 is 5.75. The van der Waals surface area contributed by atoms with E-state index < -0.39 is 0 Å². The summed E-state index contributed by atoms with van der Waals surface area (Å²) in [5, 5.41) is 0. The second-order valence-corrected chi connectivity index (χ2v) is 5.05. The first kappa shape index (κ1) is 11.2. The van der Waals surface area contributed by atoms with Gasteiger partial charge in [-0.15, -0.1) is 0 Å². The van der Waals surface area contributed by atoms with Crippen molar-refractivity contribution in [3.63, 3.8) is 0 Å². The van der Waals surface area contributed by atoms with Gasteiger partial charge in [-0.05, 0) is 49.9 Å². The van der Waals surface area contributed by atoms with E-state index in [9.17, 15) is 0 Å². The molecule has 0 bridgehead atoms. The third-order valence-electron chi connectivity index (χ3n) is 3.96. The minimum absolute atomic E-state index is 0.904. The van der Waals surface area contributed by atoms with Crippen LogP contribution in [-0.4, -0.2) is 13.2 Å². The van der Waals surface area contributed by atoms with Crippen molar-refractivity contribution in [1.29, 1.82) is 0 Å². The molecule has 1 saturated carbocycles. The highest BCUT2D eigenvalue weighted by molar-refractivity contribution is 5.01. The molecule has 0 heterocycles. The molecule has 0 N–H and O–H groups in total. The summed E-state index contributed by atoms with van der Waals surface area (Å²) in [5.74, 6) is 2.90. The molecule has 2 aliphatic carbocycles. The van der Waals surface area contributed by atoms with Crippen LogP contribution in [0.2, 0.25) is 0 Å². The summed E-state index contributed by atoms with van der Waals surface area (Å²) in [5.41, 5.74) is 0. The van der Waals surface area contributed by atoms with Gasteiger partial charge in [-0.3, -0.25) is 0 Å². The summed E-state index contributed by atoms with van der Waals surface area (Å²) in [6.07, 6.45) is 12.6. The number of hydrogen-bond donors (Lipinski definition) is 0. The van der Waals surface area contributed by atoms with Crippen molar-refractivity contribution >= 4 is 0 Å². The van der Waals surface area contributed by atoms with Crippen LogP contribution in [-0.2, 0) is 4.74 Å². The Morgan fingerprint density at radius 2 is 1.80 bits per heavy atom. The topological polar surface area (TPSA) is 9.23 Å². The average molecular weight is 208 g/mol. The van der Waals surface area contributed by atoms with Crippen LogP contribution >= 0.6 is 0 Å². The van der Waals surface area contributed by atoms with Gasteiger partial charge in [-0.1, -0.05) is 25.5 Å². The Morgan fingerprint density at radius 1 is 1.13 bits per heavy atom. The summed E-state index contributed by atoms with van der Waals surface area (Å²) in [6.45, 7) is 4.24. The number of hydrogen-bond acceptors (Lipinski definition) is 1. The molecule has 86 valence electrons. The lowest BCUT2D eigenvalue weighted by atomic mass is 10.1.